The molecule has 2 saturated carbocycles. The smallest absolute Gasteiger partial charge is 0.303 e. The minimum atomic E-state index is -0.692. The standard InChI is InChI=1S/C25H30O4/c1-19(15-23(26)27)16-24-11-13-25(18-24,14-12-24)28-17-20-7-5-6-10-22(20)29-21-8-3-2-4-9-21/h2-10,19H,11-18H2,1H3,(H,26,27). The number of rotatable bonds is 9. The Morgan fingerprint density at radius 2 is 1.72 bits per heavy atom. The first-order chi connectivity index (χ1) is 14.0. The summed E-state index contributed by atoms with van der Waals surface area (Å²) in [4.78, 5) is 11.0. The number of fused-ring (bicyclic) bond motifs is 2. The van der Waals surface area contributed by atoms with Crippen molar-refractivity contribution < 1.29 is 19.4 Å². The molecule has 0 aromatic heterocycles. The lowest BCUT2D eigenvalue weighted by Crippen LogP contribution is -2.26. The van der Waals surface area contributed by atoms with Gasteiger partial charge in [0.05, 0.1) is 12.2 Å². The number of aliphatic carboxylic acids is 1. The third-order valence-corrected chi connectivity index (χ3v) is 6.70. The monoisotopic (exact) mass is 394 g/mol. The maximum atomic E-state index is 11.0. The highest BCUT2D eigenvalue weighted by molar-refractivity contribution is 5.66. The van der Waals surface area contributed by atoms with Gasteiger partial charge in [-0.15, -0.1) is 0 Å². The van der Waals surface area contributed by atoms with E-state index in [1.165, 1.54) is 0 Å². The fourth-order valence-electron chi connectivity index (χ4n) is 5.42. The Morgan fingerprint density at radius 1 is 1.03 bits per heavy atom. The molecule has 1 atom stereocenters. The fraction of sp³-hybridized carbons (Fsp3) is 0.480. The summed E-state index contributed by atoms with van der Waals surface area (Å²) in [5, 5.41) is 9.08. The molecule has 29 heavy (non-hydrogen) atoms. The van der Waals surface area contributed by atoms with Crippen molar-refractivity contribution in [1.82, 2.24) is 0 Å². The van der Waals surface area contributed by atoms with Gasteiger partial charge in [-0.1, -0.05) is 43.3 Å². The number of ether oxygens (including phenoxy) is 2. The minimum absolute atomic E-state index is 0.0528. The number of para-hydroxylation sites is 2. The molecule has 2 aliphatic rings. The van der Waals surface area contributed by atoms with Gasteiger partial charge in [0.1, 0.15) is 11.5 Å². The summed E-state index contributed by atoms with van der Waals surface area (Å²) in [7, 11) is 0. The number of hydrogen-bond donors (Lipinski definition) is 1. The van der Waals surface area contributed by atoms with Gasteiger partial charge in [-0.05, 0) is 68.1 Å². The summed E-state index contributed by atoms with van der Waals surface area (Å²) < 4.78 is 12.6. The third-order valence-electron chi connectivity index (χ3n) is 6.70. The van der Waals surface area contributed by atoms with Gasteiger partial charge in [0.2, 0.25) is 0 Å². The molecular weight excluding hydrogens is 364 g/mol. The van der Waals surface area contributed by atoms with Crippen molar-refractivity contribution in [3.63, 3.8) is 0 Å². The van der Waals surface area contributed by atoms with Crippen molar-refractivity contribution in [2.45, 2.75) is 64.1 Å². The van der Waals surface area contributed by atoms with Crippen LogP contribution >= 0.6 is 0 Å². The summed E-state index contributed by atoms with van der Waals surface area (Å²) in [5.74, 6) is 1.20. The van der Waals surface area contributed by atoms with E-state index in [4.69, 9.17) is 14.6 Å². The van der Waals surface area contributed by atoms with Gasteiger partial charge in [0, 0.05) is 12.0 Å². The van der Waals surface area contributed by atoms with E-state index in [2.05, 4.69) is 13.0 Å². The molecule has 0 spiro atoms. The van der Waals surface area contributed by atoms with Gasteiger partial charge in [-0.3, -0.25) is 4.79 Å². The summed E-state index contributed by atoms with van der Waals surface area (Å²) >= 11 is 0. The molecule has 0 heterocycles. The number of benzene rings is 2. The second-order valence-electron chi connectivity index (χ2n) is 9.08. The van der Waals surface area contributed by atoms with E-state index in [1.807, 2.05) is 48.5 Å². The van der Waals surface area contributed by atoms with E-state index in [0.29, 0.717) is 6.61 Å². The van der Waals surface area contributed by atoms with Gasteiger partial charge in [-0.25, -0.2) is 0 Å². The van der Waals surface area contributed by atoms with Crippen molar-refractivity contribution in [2.75, 3.05) is 0 Å². The summed E-state index contributed by atoms with van der Waals surface area (Å²) in [6.07, 6.45) is 6.78. The highest BCUT2D eigenvalue weighted by atomic mass is 16.5. The molecule has 1 N–H and O–H groups in total. The van der Waals surface area contributed by atoms with Gasteiger partial charge in [-0.2, -0.15) is 0 Å². The van der Waals surface area contributed by atoms with Crippen LogP contribution in [0.25, 0.3) is 0 Å². The third kappa shape index (κ3) is 4.64. The maximum Gasteiger partial charge on any atom is 0.303 e. The Bertz CT molecular complexity index is 837. The Hall–Kier alpha value is -2.33. The molecule has 2 fully saturated rings. The van der Waals surface area contributed by atoms with E-state index >= 15 is 0 Å². The van der Waals surface area contributed by atoms with Gasteiger partial charge < -0.3 is 14.6 Å². The first-order valence-electron chi connectivity index (χ1n) is 10.6. The molecule has 0 saturated heterocycles. The Labute approximate surface area is 172 Å². The quantitative estimate of drug-likeness (QED) is 0.550. The zero-order chi connectivity index (χ0) is 20.3. The minimum Gasteiger partial charge on any atom is -0.481 e. The highest BCUT2D eigenvalue weighted by Gasteiger charge is 2.55. The Balaban J connectivity index is 1.39. The predicted molar refractivity (Wildman–Crippen MR) is 112 cm³/mol. The van der Waals surface area contributed by atoms with Crippen molar-refractivity contribution in [2.24, 2.45) is 11.3 Å². The van der Waals surface area contributed by atoms with Crippen LogP contribution in [0.2, 0.25) is 0 Å². The van der Waals surface area contributed by atoms with Crippen molar-refractivity contribution in [3.8, 4) is 11.5 Å². The van der Waals surface area contributed by atoms with E-state index in [-0.39, 0.29) is 23.4 Å². The number of carbonyl (C=O) groups is 1. The molecule has 2 aromatic carbocycles. The van der Waals surface area contributed by atoms with E-state index in [1.54, 1.807) is 0 Å². The number of carboxylic acid groups (broad SMARTS) is 1. The molecule has 1 unspecified atom stereocenters. The molecule has 4 heteroatoms. The SMILES string of the molecule is CC(CC(=O)O)CC12CCC(OCc3ccccc3Oc3ccccc3)(CC1)C2. The zero-order valence-corrected chi connectivity index (χ0v) is 17.1. The lowest BCUT2D eigenvalue weighted by atomic mass is 9.76. The van der Waals surface area contributed by atoms with Crippen LogP contribution in [0.15, 0.2) is 54.6 Å². The highest BCUT2D eigenvalue weighted by Crippen LogP contribution is 2.61. The first-order valence-corrected chi connectivity index (χ1v) is 10.6. The normalized spacial score (nSPS) is 26.4. The van der Waals surface area contributed by atoms with E-state index in [0.717, 1.165) is 55.6 Å². The van der Waals surface area contributed by atoms with E-state index in [9.17, 15) is 4.79 Å². The predicted octanol–water partition coefficient (Wildman–Crippen LogP) is 6.20. The Kier molecular flexibility index (Phi) is 5.64. The average molecular weight is 395 g/mol. The maximum absolute atomic E-state index is 11.0. The van der Waals surface area contributed by atoms with Gasteiger partial charge in [0.15, 0.2) is 0 Å². The number of carboxylic acids is 1. The lowest BCUT2D eigenvalue weighted by Gasteiger charge is -2.29. The van der Waals surface area contributed by atoms with Gasteiger partial charge in [0.25, 0.3) is 0 Å². The van der Waals surface area contributed by atoms with Crippen molar-refractivity contribution >= 4 is 5.97 Å². The van der Waals surface area contributed by atoms with Gasteiger partial charge >= 0.3 is 5.97 Å². The fourth-order valence-corrected chi connectivity index (χ4v) is 5.42. The summed E-state index contributed by atoms with van der Waals surface area (Å²) in [6, 6.07) is 17.9. The molecule has 4 rings (SSSR count). The first kappa shape index (κ1) is 20.0. The zero-order valence-electron chi connectivity index (χ0n) is 17.1. The van der Waals surface area contributed by atoms with E-state index < -0.39 is 5.97 Å². The van der Waals surface area contributed by atoms with Crippen molar-refractivity contribution in [3.05, 3.63) is 60.2 Å². The summed E-state index contributed by atoms with van der Waals surface area (Å²) in [5.41, 5.74) is 1.28. The molecule has 2 aromatic rings. The second-order valence-corrected chi connectivity index (χ2v) is 9.08. The van der Waals surface area contributed by atoms with Crippen LogP contribution in [0.4, 0.5) is 0 Å². The topological polar surface area (TPSA) is 55.8 Å². The lowest BCUT2D eigenvalue weighted by molar-refractivity contribution is -0.138. The largest absolute Gasteiger partial charge is 0.481 e. The van der Waals surface area contributed by atoms with Crippen LogP contribution in [0.3, 0.4) is 0 Å². The van der Waals surface area contributed by atoms with Crippen LogP contribution in [0.1, 0.15) is 57.4 Å². The molecule has 0 radical (unpaired) electrons. The van der Waals surface area contributed by atoms with Crippen LogP contribution in [-0.2, 0) is 16.1 Å². The Morgan fingerprint density at radius 3 is 2.45 bits per heavy atom. The molecule has 2 aliphatic carbocycles. The molecule has 154 valence electrons. The van der Waals surface area contributed by atoms with Crippen LogP contribution < -0.4 is 4.74 Å². The van der Waals surface area contributed by atoms with Crippen LogP contribution in [0.5, 0.6) is 11.5 Å². The second kappa shape index (κ2) is 8.19. The molecule has 0 aliphatic heterocycles. The van der Waals surface area contributed by atoms with Crippen molar-refractivity contribution in [1.29, 1.82) is 0 Å². The average Bonchev–Trinajstić information content (AvgIpc) is 3.23. The number of hydrogen-bond acceptors (Lipinski definition) is 3. The van der Waals surface area contributed by atoms with Crippen LogP contribution in [0, 0.1) is 11.3 Å². The molecular formula is C25H30O4. The molecule has 4 nitrogen and oxygen atoms in total. The molecule has 2 bridgehead atoms. The molecule has 0 amide bonds. The summed E-state index contributed by atoms with van der Waals surface area (Å²) in [6.45, 7) is 2.61. The van der Waals surface area contributed by atoms with Crippen LogP contribution in [-0.4, -0.2) is 16.7 Å².